The first kappa shape index (κ1) is 9.36. The first-order valence-electron chi connectivity index (χ1n) is 4.05. The summed E-state index contributed by atoms with van der Waals surface area (Å²) in [6, 6.07) is 2.02. The van der Waals surface area contributed by atoms with Gasteiger partial charge >= 0.3 is 0 Å². The second-order valence-corrected chi connectivity index (χ2v) is 4.29. The van der Waals surface area contributed by atoms with Gasteiger partial charge in [0.1, 0.15) is 5.70 Å². The first-order valence-corrected chi connectivity index (χ1v) is 5.34. The van der Waals surface area contributed by atoms with Crippen LogP contribution in [0.3, 0.4) is 0 Å². The number of thiophene rings is 1. The number of aryl methyl sites for hydroxylation is 1. The molecule has 0 aromatic carbocycles. The summed E-state index contributed by atoms with van der Waals surface area (Å²) < 4.78 is 0. The minimum atomic E-state index is -0.164. The Hall–Kier alpha value is -1.20. The lowest BCUT2D eigenvalue weighted by Gasteiger charge is -1.94. The van der Waals surface area contributed by atoms with Gasteiger partial charge in [-0.3, -0.25) is 10.1 Å². The molecule has 1 aromatic rings. The zero-order valence-corrected chi connectivity index (χ0v) is 9.09. The highest BCUT2D eigenvalue weighted by Gasteiger charge is 2.20. The van der Waals surface area contributed by atoms with Crippen molar-refractivity contribution in [3.8, 4) is 0 Å². The molecule has 1 saturated heterocycles. The smallest absolute Gasteiger partial charge is 0.273 e. The topological polar surface area (TPSA) is 41.1 Å². The first-order chi connectivity index (χ1) is 6.66. The van der Waals surface area contributed by atoms with E-state index in [0.717, 1.165) is 10.4 Å². The van der Waals surface area contributed by atoms with Crippen molar-refractivity contribution in [2.45, 2.75) is 6.92 Å². The van der Waals surface area contributed by atoms with E-state index in [0.29, 0.717) is 10.8 Å². The zero-order valence-electron chi connectivity index (χ0n) is 7.46. The van der Waals surface area contributed by atoms with E-state index in [2.05, 4.69) is 10.6 Å². The second-order valence-electron chi connectivity index (χ2n) is 2.93. The molecule has 3 nitrogen and oxygen atoms in total. The lowest BCUT2D eigenvalue weighted by atomic mass is 10.2. The number of hydrogen-bond donors (Lipinski definition) is 2. The third kappa shape index (κ3) is 1.69. The molecule has 0 saturated carbocycles. The second kappa shape index (κ2) is 3.51. The molecule has 2 heterocycles. The molecule has 1 fully saturated rings. The van der Waals surface area contributed by atoms with Gasteiger partial charge in [0.25, 0.3) is 5.91 Å². The Morgan fingerprint density at radius 1 is 1.50 bits per heavy atom. The van der Waals surface area contributed by atoms with E-state index in [9.17, 15) is 4.79 Å². The fourth-order valence-corrected chi connectivity index (χ4v) is 2.21. The molecule has 1 aliphatic rings. The van der Waals surface area contributed by atoms with Crippen LogP contribution in [0.25, 0.3) is 6.08 Å². The van der Waals surface area contributed by atoms with Crippen LogP contribution in [-0.4, -0.2) is 11.0 Å². The van der Waals surface area contributed by atoms with Crippen molar-refractivity contribution in [2.75, 3.05) is 0 Å². The Kier molecular flexibility index (Phi) is 2.35. The minimum absolute atomic E-state index is 0.164. The Morgan fingerprint density at radius 2 is 2.29 bits per heavy atom. The maximum atomic E-state index is 11.3. The molecule has 0 atom stereocenters. The van der Waals surface area contributed by atoms with Crippen LogP contribution in [0.15, 0.2) is 17.1 Å². The van der Waals surface area contributed by atoms with Crippen LogP contribution in [0.5, 0.6) is 0 Å². The van der Waals surface area contributed by atoms with Gasteiger partial charge in [0, 0.05) is 4.88 Å². The summed E-state index contributed by atoms with van der Waals surface area (Å²) in [5.41, 5.74) is 1.68. The molecular weight excluding hydrogens is 216 g/mol. The highest BCUT2D eigenvalue weighted by Crippen LogP contribution is 2.19. The normalized spacial score (nSPS) is 18.5. The predicted molar refractivity (Wildman–Crippen MR) is 60.9 cm³/mol. The Labute approximate surface area is 90.8 Å². The summed E-state index contributed by atoms with van der Waals surface area (Å²) >= 11 is 6.42. The zero-order chi connectivity index (χ0) is 10.1. The van der Waals surface area contributed by atoms with Crippen LogP contribution in [0, 0.1) is 6.92 Å². The molecule has 2 N–H and O–H groups in total. The number of rotatable bonds is 1. The van der Waals surface area contributed by atoms with Crippen molar-refractivity contribution in [1.29, 1.82) is 0 Å². The highest BCUT2D eigenvalue weighted by molar-refractivity contribution is 7.80. The average Bonchev–Trinajstić information content (AvgIpc) is 2.62. The van der Waals surface area contributed by atoms with Crippen molar-refractivity contribution < 1.29 is 4.79 Å². The van der Waals surface area contributed by atoms with Crippen LogP contribution in [0.4, 0.5) is 0 Å². The highest BCUT2D eigenvalue weighted by atomic mass is 32.1. The van der Waals surface area contributed by atoms with Crippen molar-refractivity contribution >= 4 is 40.7 Å². The van der Waals surface area contributed by atoms with Crippen LogP contribution < -0.4 is 10.6 Å². The van der Waals surface area contributed by atoms with Gasteiger partial charge < -0.3 is 5.32 Å². The SMILES string of the molecule is Cc1ccsc1/C=C1\NC(=S)NC1=O. The molecule has 5 heteroatoms. The molecule has 1 aliphatic heterocycles. The maximum absolute atomic E-state index is 11.3. The van der Waals surface area contributed by atoms with E-state index in [1.54, 1.807) is 11.3 Å². The monoisotopic (exact) mass is 224 g/mol. The summed E-state index contributed by atoms with van der Waals surface area (Å²) in [6.45, 7) is 2.01. The van der Waals surface area contributed by atoms with E-state index < -0.39 is 0 Å². The summed E-state index contributed by atoms with van der Waals surface area (Å²) in [6.07, 6.45) is 1.81. The third-order valence-corrected chi connectivity index (χ3v) is 3.07. The fraction of sp³-hybridized carbons (Fsp3) is 0.111. The number of thiocarbonyl (C=S) groups is 1. The lowest BCUT2D eigenvalue weighted by molar-refractivity contribution is -0.115. The molecule has 1 aromatic heterocycles. The molecular formula is C9H8N2OS2. The van der Waals surface area contributed by atoms with Crippen molar-refractivity contribution in [3.05, 3.63) is 27.6 Å². The molecule has 2 rings (SSSR count). The average molecular weight is 224 g/mol. The van der Waals surface area contributed by atoms with E-state index >= 15 is 0 Å². The van der Waals surface area contributed by atoms with Gasteiger partial charge in [-0.15, -0.1) is 11.3 Å². The van der Waals surface area contributed by atoms with Gasteiger partial charge in [0.15, 0.2) is 5.11 Å². The van der Waals surface area contributed by atoms with Crippen molar-refractivity contribution in [3.63, 3.8) is 0 Å². The molecule has 14 heavy (non-hydrogen) atoms. The fourth-order valence-electron chi connectivity index (χ4n) is 1.15. The van der Waals surface area contributed by atoms with Crippen molar-refractivity contribution in [1.82, 2.24) is 10.6 Å². The van der Waals surface area contributed by atoms with Crippen LogP contribution in [0.1, 0.15) is 10.4 Å². The molecule has 1 amide bonds. The number of nitrogens with one attached hydrogen (secondary N) is 2. The molecule has 0 unspecified atom stereocenters. The maximum Gasteiger partial charge on any atom is 0.273 e. The standard InChI is InChI=1S/C9H8N2OS2/c1-5-2-3-14-7(5)4-6-8(12)11-9(13)10-6/h2-4H,1H3,(H2,10,11,12,13)/b6-4-. The summed E-state index contributed by atoms with van der Waals surface area (Å²) in [7, 11) is 0. The quantitative estimate of drug-likeness (QED) is 0.559. The largest absolute Gasteiger partial charge is 0.328 e. The number of carbonyl (C=O) groups excluding carboxylic acids is 1. The molecule has 0 aliphatic carbocycles. The van der Waals surface area contributed by atoms with Gasteiger partial charge in [-0.25, -0.2) is 0 Å². The Bertz CT molecular complexity index is 434. The minimum Gasteiger partial charge on any atom is -0.328 e. The number of amides is 1. The predicted octanol–water partition coefficient (Wildman–Crippen LogP) is 1.40. The van der Waals surface area contributed by atoms with Gasteiger partial charge in [-0.1, -0.05) is 0 Å². The molecule has 0 bridgehead atoms. The number of carbonyl (C=O) groups is 1. The lowest BCUT2D eigenvalue weighted by Crippen LogP contribution is -2.21. The molecule has 72 valence electrons. The van der Waals surface area contributed by atoms with Crippen LogP contribution in [-0.2, 0) is 4.79 Å². The third-order valence-electron chi connectivity index (χ3n) is 1.90. The Morgan fingerprint density at radius 3 is 2.79 bits per heavy atom. The van der Waals surface area contributed by atoms with Crippen molar-refractivity contribution in [2.24, 2.45) is 0 Å². The van der Waals surface area contributed by atoms with Crippen LogP contribution in [0.2, 0.25) is 0 Å². The van der Waals surface area contributed by atoms with Gasteiger partial charge in [0.05, 0.1) is 0 Å². The summed E-state index contributed by atoms with van der Waals surface area (Å²) in [5.74, 6) is -0.164. The van der Waals surface area contributed by atoms with Gasteiger partial charge in [-0.05, 0) is 42.2 Å². The summed E-state index contributed by atoms with van der Waals surface area (Å²) in [5, 5.41) is 7.69. The van der Waals surface area contributed by atoms with E-state index in [1.165, 1.54) is 0 Å². The van der Waals surface area contributed by atoms with Gasteiger partial charge in [0.2, 0.25) is 0 Å². The molecule has 0 radical (unpaired) electrons. The van der Waals surface area contributed by atoms with E-state index in [-0.39, 0.29) is 5.91 Å². The summed E-state index contributed by atoms with van der Waals surface area (Å²) in [4.78, 5) is 12.4. The van der Waals surface area contributed by atoms with Gasteiger partial charge in [-0.2, -0.15) is 0 Å². The van der Waals surface area contributed by atoms with E-state index in [4.69, 9.17) is 12.2 Å². The van der Waals surface area contributed by atoms with Crippen LogP contribution >= 0.6 is 23.6 Å². The van der Waals surface area contributed by atoms with E-state index in [1.807, 2.05) is 24.4 Å². The molecule has 0 spiro atoms. The number of hydrogen-bond acceptors (Lipinski definition) is 3. The Balaban J connectivity index is 2.32.